The Hall–Kier alpha value is -2.65. The summed E-state index contributed by atoms with van der Waals surface area (Å²) >= 11 is 3.37. The van der Waals surface area contributed by atoms with Crippen molar-refractivity contribution in [2.24, 2.45) is 0 Å². The van der Waals surface area contributed by atoms with Crippen molar-refractivity contribution < 1.29 is 9.59 Å². The number of hydrogen-bond donors (Lipinski definition) is 1. The van der Waals surface area contributed by atoms with Crippen LogP contribution in [-0.2, 0) is 4.79 Å². The average Bonchev–Trinajstić information content (AvgIpc) is 2.56. The van der Waals surface area contributed by atoms with Crippen LogP contribution in [0.1, 0.15) is 21.5 Å². The van der Waals surface area contributed by atoms with E-state index in [9.17, 15) is 9.59 Å². The Labute approximate surface area is 149 Å². The normalized spacial score (nSPS) is 9.92. The summed E-state index contributed by atoms with van der Waals surface area (Å²) in [5.41, 5.74) is 2.41. The molecule has 2 rings (SSSR count). The lowest BCUT2D eigenvalue weighted by molar-refractivity contribution is -0.116. The van der Waals surface area contributed by atoms with E-state index in [0.29, 0.717) is 16.8 Å². The van der Waals surface area contributed by atoms with Crippen molar-refractivity contribution in [2.45, 2.75) is 6.92 Å². The summed E-state index contributed by atoms with van der Waals surface area (Å²) in [6.45, 7) is 1.81. The highest BCUT2D eigenvalue weighted by Crippen LogP contribution is 2.20. The molecule has 122 valence electrons. The van der Waals surface area contributed by atoms with Crippen molar-refractivity contribution in [1.82, 2.24) is 4.90 Å². The van der Waals surface area contributed by atoms with E-state index in [2.05, 4.69) is 21.2 Å². The molecule has 0 heterocycles. The molecule has 0 aliphatic rings. The maximum Gasteiger partial charge on any atom is 0.254 e. The molecule has 0 unspecified atom stereocenters. The van der Waals surface area contributed by atoms with Crippen molar-refractivity contribution >= 4 is 33.4 Å². The van der Waals surface area contributed by atoms with Gasteiger partial charge in [0.2, 0.25) is 5.91 Å². The summed E-state index contributed by atoms with van der Waals surface area (Å²) in [6.07, 6.45) is 0. The minimum atomic E-state index is -0.310. The van der Waals surface area contributed by atoms with Crippen LogP contribution in [0.3, 0.4) is 0 Å². The number of rotatable bonds is 4. The molecule has 6 heteroatoms. The van der Waals surface area contributed by atoms with Gasteiger partial charge in [-0.1, -0.05) is 22.0 Å². The van der Waals surface area contributed by atoms with E-state index in [1.807, 2.05) is 25.1 Å². The fourth-order valence-electron chi connectivity index (χ4n) is 2.19. The van der Waals surface area contributed by atoms with Gasteiger partial charge in [0.1, 0.15) is 0 Å². The highest BCUT2D eigenvalue weighted by atomic mass is 79.9. The van der Waals surface area contributed by atoms with Crippen molar-refractivity contribution in [3.05, 3.63) is 63.6 Å². The molecule has 1 N–H and O–H groups in total. The molecule has 0 aromatic heterocycles. The summed E-state index contributed by atoms with van der Waals surface area (Å²) in [6, 6.07) is 13.9. The Balaban J connectivity index is 2.02. The number of benzene rings is 2. The van der Waals surface area contributed by atoms with Gasteiger partial charge in [-0.05, 0) is 48.9 Å². The zero-order chi connectivity index (χ0) is 17.7. The highest BCUT2D eigenvalue weighted by Gasteiger charge is 2.16. The molecule has 0 aliphatic carbocycles. The van der Waals surface area contributed by atoms with Gasteiger partial charge in [-0.2, -0.15) is 5.26 Å². The smallest absolute Gasteiger partial charge is 0.254 e. The van der Waals surface area contributed by atoms with E-state index in [1.54, 1.807) is 31.3 Å². The molecule has 0 saturated carbocycles. The van der Waals surface area contributed by atoms with Gasteiger partial charge in [-0.25, -0.2) is 0 Å². The Morgan fingerprint density at radius 2 is 2.00 bits per heavy atom. The summed E-state index contributed by atoms with van der Waals surface area (Å²) in [5.74, 6) is -0.595. The number of halogens is 1. The second kappa shape index (κ2) is 7.75. The summed E-state index contributed by atoms with van der Waals surface area (Å²) in [7, 11) is 1.55. The monoisotopic (exact) mass is 385 g/mol. The van der Waals surface area contributed by atoms with E-state index in [0.717, 1.165) is 10.0 Å². The fraction of sp³-hybridized carbons (Fsp3) is 0.167. The summed E-state index contributed by atoms with van der Waals surface area (Å²) < 4.78 is 0.933. The minimum absolute atomic E-state index is 0.0783. The molecule has 0 aliphatic heterocycles. The second-order valence-corrected chi connectivity index (χ2v) is 6.28. The van der Waals surface area contributed by atoms with Crippen LogP contribution in [-0.4, -0.2) is 30.3 Å². The Bertz CT molecular complexity index is 827. The number of carbonyl (C=O) groups is 2. The first-order valence-corrected chi connectivity index (χ1v) is 8.01. The van der Waals surface area contributed by atoms with Gasteiger partial charge >= 0.3 is 0 Å². The molecule has 5 nitrogen and oxygen atoms in total. The van der Waals surface area contributed by atoms with Crippen molar-refractivity contribution in [2.75, 3.05) is 18.9 Å². The molecular formula is C18H16BrN3O2. The molecule has 24 heavy (non-hydrogen) atoms. The molecule has 2 amide bonds. The third-order valence-corrected chi connectivity index (χ3v) is 3.92. The number of nitrogens with zero attached hydrogens (tertiary/aromatic N) is 2. The number of anilines is 1. The molecule has 0 fully saturated rings. The van der Waals surface area contributed by atoms with Crippen LogP contribution in [0.15, 0.2) is 46.9 Å². The molecule has 0 atom stereocenters. The number of nitriles is 1. The van der Waals surface area contributed by atoms with Gasteiger partial charge in [-0.15, -0.1) is 0 Å². The van der Waals surface area contributed by atoms with Gasteiger partial charge in [0.15, 0.2) is 0 Å². The first-order valence-electron chi connectivity index (χ1n) is 7.22. The van der Waals surface area contributed by atoms with Crippen molar-refractivity contribution in [1.29, 1.82) is 5.26 Å². The summed E-state index contributed by atoms with van der Waals surface area (Å²) in [5, 5.41) is 11.7. The minimum Gasteiger partial charge on any atom is -0.332 e. The maximum atomic E-state index is 12.3. The fourth-order valence-corrected chi connectivity index (χ4v) is 2.66. The van der Waals surface area contributed by atoms with Gasteiger partial charge in [0.05, 0.1) is 18.2 Å². The van der Waals surface area contributed by atoms with Crippen LogP contribution in [0.5, 0.6) is 0 Å². The Morgan fingerprint density at radius 1 is 1.25 bits per heavy atom. The zero-order valence-electron chi connectivity index (χ0n) is 13.3. The highest BCUT2D eigenvalue weighted by molar-refractivity contribution is 9.10. The number of hydrogen-bond acceptors (Lipinski definition) is 3. The predicted octanol–water partition coefficient (Wildman–Crippen LogP) is 3.34. The molecule has 0 radical (unpaired) electrons. The lowest BCUT2D eigenvalue weighted by atomic mass is 10.1. The van der Waals surface area contributed by atoms with Gasteiger partial charge in [-0.3, -0.25) is 9.59 Å². The van der Waals surface area contributed by atoms with Crippen LogP contribution < -0.4 is 5.32 Å². The first kappa shape index (κ1) is 17.7. The lowest BCUT2D eigenvalue weighted by Gasteiger charge is -2.17. The molecule has 2 aromatic rings. The predicted molar refractivity (Wildman–Crippen MR) is 95.6 cm³/mol. The Kier molecular flexibility index (Phi) is 5.72. The topological polar surface area (TPSA) is 73.2 Å². The number of nitrogens with one attached hydrogen (secondary N) is 1. The number of likely N-dealkylation sites (N-methyl/N-ethyl adjacent to an activating group) is 1. The quantitative estimate of drug-likeness (QED) is 0.876. The standard InChI is InChI=1S/C18H16BrN3O2/c1-12-8-15(19)6-7-16(12)21-17(23)11-22(2)18(24)14-5-3-4-13(9-14)10-20/h3-9H,11H2,1-2H3,(H,21,23). The second-order valence-electron chi connectivity index (χ2n) is 5.36. The average molecular weight is 386 g/mol. The lowest BCUT2D eigenvalue weighted by Crippen LogP contribution is -2.35. The molecule has 0 bridgehead atoms. The van der Waals surface area contributed by atoms with Crippen LogP contribution in [0.25, 0.3) is 0 Å². The first-order chi connectivity index (χ1) is 11.4. The van der Waals surface area contributed by atoms with Gasteiger partial charge in [0, 0.05) is 22.8 Å². The van der Waals surface area contributed by atoms with Crippen molar-refractivity contribution in [3.8, 4) is 6.07 Å². The van der Waals surface area contributed by atoms with Gasteiger partial charge in [0.25, 0.3) is 5.91 Å². The van der Waals surface area contributed by atoms with E-state index < -0.39 is 0 Å². The number of carbonyl (C=O) groups excluding carboxylic acids is 2. The number of aryl methyl sites for hydroxylation is 1. The van der Waals surface area contributed by atoms with Crippen LogP contribution in [0, 0.1) is 18.3 Å². The molecule has 2 aromatic carbocycles. The third kappa shape index (κ3) is 4.43. The van der Waals surface area contributed by atoms with Crippen molar-refractivity contribution in [3.63, 3.8) is 0 Å². The largest absolute Gasteiger partial charge is 0.332 e. The van der Waals surface area contributed by atoms with E-state index in [-0.39, 0.29) is 18.4 Å². The van der Waals surface area contributed by atoms with E-state index >= 15 is 0 Å². The third-order valence-electron chi connectivity index (χ3n) is 3.43. The zero-order valence-corrected chi connectivity index (χ0v) is 14.9. The Morgan fingerprint density at radius 3 is 2.67 bits per heavy atom. The van der Waals surface area contributed by atoms with E-state index in [1.165, 1.54) is 11.0 Å². The SMILES string of the molecule is Cc1cc(Br)ccc1NC(=O)CN(C)C(=O)c1cccc(C#N)c1. The van der Waals surface area contributed by atoms with Crippen LogP contribution in [0.2, 0.25) is 0 Å². The van der Waals surface area contributed by atoms with Gasteiger partial charge < -0.3 is 10.2 Å². The molecule has 0 saturated heterocycles. The number of amides is 2. The van der Waals surface area contributed by atoms with Crippen LogP contribution in [0.4, 0.5) is 5.69 Å². The summed E-state index contributed by atoms with van der Waals surface area (Å²) in [4.78, 5) is 25.8. The molecule has 0 spiro atoms. The maximum absolute atomic E-state index is 12.3. The van der Waals surface area contributed by atoms with Crippen LogP contribution >= 0.6 is 15.9 Å². The van der Waals surface area contributed by atoms with E-state index in [4.69, 9.17) is 5.26 Å². The molecular weight excluding hydrogens is 370 g/mol.